The highest BCUT2D eigenvalue weighted by Crippen LogP contribution is 2.26. The number of nitrogens with two attached hydrogens (primary N) is 1. The number of nitrogens with one attached hydrogen (secondary N) is 1. The van der Waals surface area contributed by atoms with Crippen molar-refractivity contribution < 1.29 is 9.18 Å². The van der Waals surface area contributed by atoms with E-state index in [9.17, 15) is 9.18 Å². The molecule has 1 amide bonds. The van der Waals surface area contributed by atoms with E-state index >= 15 is 0 Å². The van der Waals surface area contributed by atoms with Crippen molar-refractivity contribution in [3.05, 3.63) is 35.0 Å². The first-order valence-corrected chi connectivity index (χ1v) is 5.70. The van der Waals surface area contributed by atoms with Crippen molar-refractivity contribution in [2.24, 2.45) is 5.73 Å². The molecular weight excluding hydrogens is 227 g/mol. The Morgan fingerprint density at radius 1 is 1.44 bits per heavy atom. The summed E-state index contributed by atoms with van der Waals surface area (Å²) >= 11 is 1.34. The first kappa shape index (κ1) is 11.0. The largest absolute Gasteiger partial charge is 0.350 e. The zero-order valence-corrected chi connectivity index (χ0v) is 9.31. The molecule has 0 bridgehead atoms. The minimum atomic E-state index is -0.292. The number of benzene rings is 1. The number of fused-ring (bicyclic) bond motifs is 1. The zero-order chi connectivity index (χ0) is 11.5. The quantitative estimate of drug-likeness (QED) is 0.855. The van der Waals surface area contributed by atoms with Gasteiger partial charge in [0.05, 0.1) is 4.88 Å². The third-order valence-electron chi connectivity index (χ3n) is 2.13. The van der Waals surface area contributed by atoms with Gasteiger partial charge in [-0.1, -0.05) is 0 Å². The molecule has 0 atom stereocenters. The molecule has 16 heavy (non-hydrogen) atoms. The molecule has 0 spiro atoms. The van der Waals surface area contributed by atoms with Crippen molar-refractivity contribution in [3.8, 4) is 0 Å². The van der Waals surface area contributed by atoms with Crippen LogP contribution in [0.1, 0.15) is 9.67 Å². The van der Waals surface area contributed by atoms with Crippen LogP contribution in [-0.2, 0) is 0 Å². The molecule has 3 nitrogen and oxygen atoms in total. The van der Waals surface area contributed by atoms with Gasteiger partial charge in [0, 0.05) is 17.8 Å². The maximum Gasteiger partial charge on any atom is 0.261 e. The number of rotatable bonds is 3. The lowest BCUT2D eigenvalue weighted by Gasteiger charge is -1.98. The summed E-state index contributed by atoms with van der Waals surface area (Å²) in [5.74, 6) is -0.453. The number of amides is 1. The molecule has 0 saturated carbocycles. The molecule has 0 aliphatic rings. The van der Waals surface area contributed by atoms with E-state index in [0.717, 1.165) is 10.1 Å². The summed E-state index contributed by atoms with van der Waals surface area (Å²) in [5.41, 5.74) is 5.29. The van der Waals surface area contributed by atoms with Crippen LogP contribution in [0.25, 0.3) is 10.1 Å². The van der Waals surface area contributed by atoms with Crippen LogP contribution in [0.4, 0.5) is 4.39 Å². The molecule has 1 heterocycles. The van der Waals surface area contributed by atoms with Gasteiger partial charge in [-0.25, -0.2) is 4.39 Å². The van der Waals surface area contributed by atoms with Crippen molar-refractivity contribution in [1.82, 2.24) is 5.32 Å². The number of carbonyl (C=O) groups excluding carboxylic acids is 1. The van der Waals surface area contributed by atoms with Crippen LogP contribution in [0.3, 0.4) is 0 Å². The Morgan fingerprint density at radius 3 is 3.00 bits per heavy atom. The predicted octanol–water partition coefficient (Wildman–Crippen LogP) is 1.73. The Kier molecular flexibility index (Phi) is 3.17. The van der Waals surface area contributed by atoms with Gasteiger partial charge in [0.25, 0.3) is 5.91 Å². The fraction of sp³-hybridized carbons (Fsp3) is 0.182. The van der Waals surface area contributed by atoms with Crippen LogP contribution in [0.2, 0.25) is 0 Å². The lowest BCUT2D eigenvalue weighted by atomic mass is 10.2. The molecule has 1 aromatic heterocycles. The summed E-state index contributed by atoms with van der Waals surface area (Å²) in [4.78, 5) is 12.2. The molecule has 2 rings (SSSR count). The Hall–Kier alpha value is -1.46. The SMILES string of the molecule is NCCNC(=O)c1cc2cc(F)ccc2s1. The topological polar surface area (TPSA) is 55.1 Å². The normalized spacial score (nSPS) is 10.6. The van der Waals surface area contributed by atoms with E-state index in [4.69, 9.17) is 5.73 Å². The maximum absolute atomic E-state index is 12.9. The van der Waals surface area contributed by atoms with Gasteiger partial charge in [-0.3, -0.25) is 4.79 Å². The number of thiophene rings is 1. The Balaban J connectivity index is 2.28. The van der Waals surface area contributed by atoms with E-state index in [2.05, 4.69) is 5.32 Å². The lowest BCUT2D eigenvalue weighted by Crippen LogP contribution is -2.28. The molecule has 3 N–H and O–H groups in total. The van der Waals surface area contributed by atoms with Gasteiger partial charge in [0.15, 0.2) is 0 Å². The molecular formula is C11H11FN2OS. The highest BCUT2D eigenvalue weighted by atomic mass is 32.1. The summed E-state index contributed by atoms with van der Waals surface area (Å²) < 4.78 is 13.8. The fourth-order valence-corrected chi connectivity index (χ4v) is 2.36. The summed E-state index contributed by atoms with van der Waals surface area (Å²) in [6, 6.07) is 6.18. The lowest BCUT2D eigenvalue weighted by molar-refractivity contribution is 0.0959. The Labute approximate surface area is 96.1 Å². The second kappa shape index (κ2) is 4.59. The summed E-state index contributed by atoms with van der Waals surface area (Å²) in [6.07, 6.45) is 0. The van der Waals surface area contributed by atoms with Crippen LogP contribution < -0.4 is 11.1 Å². The van der Waals surface area contributed by atoms with Gasteiger partial charge in [-0.05, 0) is 29.7 Å². The number of carbonyl (C=O) groups is 1. The van der Waals surface area contributed by atoms with Crippen LogP contribution in [0, 0.1) is 5.82 Å². The average molecular weight is 238 g/mol. The van der Waals surface area contributed by atoms with Crippen molar-refractivity contribution in [2.75, 3.05) is 13.1 Å². The van der Waals surface area contributed by atoms with Crippen molar-refractivity contribution in [1.29, 1.82) is 0 Å². The van der Waals surface area contributed by atoms with Crippen LogP contribution in [0.5, 0.6) is 0 Å². The monoisotopic (exact) mass is 238 g/mol. The Bertz CT molecular complexity index is 524. The van der Waals surface area contributed by atoms with Crippen molar-refractivity contribution in [2.45, 2.75) is 0 Å². The van der Waals surface area contributed by atoms with Gasteiger partial charge in [0.1, 0.15) is 5.82 Å². The number of halogens is 1. The minimum Gasteiger partial charge on any atom is -0.350 e. The van der Waals surface area contributed by atoms with Gasteiger partial charge >= 0.3 is 0 Å². The molecule has 84 valence electrons. The standard InChI is InChI=1S/C11H11FN2OS/c12-8-1-2-9-7(5-8)6-10(16-9)11(15)14-4-3-13/h1-2,5-6H,3-4,13H2,(H,14,15). The van der Waals surface area contributed by atoms with Crippen LogP contribution in [-0.4, -0.2) is 19.0 Å². The van der Waals surface area contributed by atoms with E-state index in [1.165, 1.54) is 23.5 Å². The average Bonchev–Trinajstić information content (AvgIpc) is 2.68. The van der Waals surface area contributed by atoms with Crippen LogP contribution in [0.15, 0.2) is 24.3 Å². The molecule has 5 heteroatoms. The molecule has 0 unspecified atom stereocenters. The Morgan fingerprint density at radius 2 is 2.25 bits per heavy atom. The smallest absolute Gasteiger partial charge is 0.261 e. The van der Waals surface area contributed by atoms with Gasteiger partial charge in [0.2, 0.25) is 0 Å². The molecule has 1 aromatic carbocycles. The number of hydrogen-bond donors (Lipinski definition) is 2. The highest BCUT2D eigenvalue weighted by molar-refractivity contribution is 7.20. The minimum absolute atomic E-state index is 0.160. The molecule has 0 fully saturated rings. The summed E-state index contributed by atoms with van der Waals surface area (Å²) in [6.45, 7) is 0.854. The maximum atomic E-state index is 12.9. The van der Waals surface area contributed by atoms with Crippen molar-refractivity contribution in [3.63, 3.8) is 0 Å². The second-order valence-corrected chi connectivity index (χ2v) is 4.42. The predicted molar refractivity (Wildman–Crippen MR) is 63.2 cm³/mol. The van der Waals surface area contributed by atoms with Gasteiger partial charge < -0.3 is 11.1 Å². The van der Waals surface area contributed by atoms with E-state index in [1.807, 2.05) is 0 Å². The second-order valence-electron chi connectivity index (χ2n) is 3.34. The highest BCUT2D eigenvalue weighted by Gasteiger charge is 2.09. The molecule has 0 radical (unpaired) electrons. The summed E-state index contributed by atoms with van der Waals surface area (Å²) in [5, 5.41) is 3.43. The molecule has 2 aromatic rings. The first-order valence-electron chi connectivity index (χ1n) is 4.88. The van der Waals surface area contributed by atoms with E-state index in [0.29, 0.717) is 18.0 Å². The third-order valence-corrected chi connectivity index (χ3v) is 3.25. The van der Waals surface area contributed by atoms with Gasteiger partial charge in [-0.15, -0.1) is 11.3 Å². The third kappa shape index (κ3) is 2.20. The molecule has 0 aliphatic heterocycles. The molecule has 0 saturated heterocycles. The van der Waals surface area contributed by atoms with E-state index in [1.54, 1.807) is 12.1 Å². The van der Waals surface area contributed by atoms with Crippen LogP contribution >= 0.6 is 11.3 Å². The fourth-order valence-electron chi connectivity index (χ4n) is 1.40. The van der Waals surface area contributed by atoms with Crippen molar-refractivity contribution >= 4 is 27.3 Å². The van der Waals surface area contributed by atoms with E-state index in [-0.39, 0.29) is 11.7 Å². The summed E-state index contributed by atoms with van der Waals surface area (Å²) in [7, 11) is 0. The number of hydrogen-bond acceptors (Lipinski definition) is 3. The first-order chi connectivity index (χ1) is 7.70. The van der Waals surface area contributed by atoms with E-state index < -0.39 is 0 Å². The zero-order valence-electron chi connectivity index (χ0n) is 8.50. The molecule has 0 aliphatic carbocycles. The van der Waals surface area contributed by atoms with Gasteiger partial charge in [-0.2, -0.15) is 0 Å².